The maximum Gasteiger partial charge on any atom is 0.163 e. The molecule has 0 atom stereocenters. The Balaban J connectivity index is 1.56. The molecule has 0 aliphatic rings. The summed E-state index contributed by atoms with van der Waals surface area (Å²) in [7, 11) is 2.06. The van der Waals surface area contributed by atoms with Gasteiger partial charge in [0, 0.05) is 56.6 Å². The molecule has 0 spiro atoms. The summed E-state index contributed by atoms with van der Waals surface area (Å²) in [5.74, 6) is 2.39. The van der Waals surface area contributed by atoms with Crippen LogP contribution in [0.5, 0.6) is 0 Å². The fourth-order valence-corrected chi connectivity index (χ4v) is 3.09. The van der Waals surface area contributed by atoms with E-state index in [-0.39, 0.29) is 0 Å². The van der Waals surface area contributed by atoms with Crippen molar-refractivity contribution in [2.24, 2.45) is 0 Å². The summed E-state index contributed by atoms with van der Waals surface area (Å²) in [6.45, 7) is 1.52. The van der Waals surface area contributed by atoms with Gasteiger partial charge in [0.25, 0.3) is 0 Å². The first kappa shape index (κ1) is 19.5. The number of nitrogens with zero attached hydrogens (tertiary/aromatic N) is 5. The fourth-order valence-electron chi connectivity index (χ4n) is 3.09. The van der Waals surface area contributed by atoms with Gasteiger partial charge in [-0.05, 0) is 41.8 Å². The van der Waals surface area contributed by atoms with Crippen molar-refractivity contribution in [2.75, 3.05) is 23.8 Å². The highest BCUT2D eigenvalue weighted by Gasteiger charge is 2.10. The second-order valence-corrected chi connectivity index (χ2v) is 7.04. The number of hydrogen-bond donors (Lipinski definition) is 1. The zero-order valence-corrected chi connectivity index (χ0v) is 16.9. The smallest absolute Gasteiger partial charge is 0.163 e. The summed E-state index contributed by atoms with van der Waals surface area (Å²) in [6, 6.07) is 20.1. The minimum absolute atomic E-state index is 0.675. The Morgan fingerprint density at radius 3 is 2.17 bits per heavy atom. The summed E-state index contributed by atoms with van der Waals surface area (Å²) in [4.78, 5) is 19.9. The molecule has 0 aliphatic carbocycles. The standard InChI is InChI=1S/C24H24N6/c1-30(16-11-19-7-12-25-13-8-19)23-17-22(27-18-20-9-14-26-15-10-20)28-24(29-23)21-5-3-2-4-6-21/h2-10,12-15,17H,11,16,18H2,1H3,(H,27,28,29). The van der Waals surface area contributed by atoms with Crippen LogP contribution in [0.25, 0.3) is 11.4 Å². The van der Waals surface area contributed by atoms with Gasteiger partial charge in [0.1, 0.15) is 11.6 Å². The number of nitrogens with one attached hydrogen (secondary N) is 1. The largest absolute Gasteiger partial charge is 0.366 e. The molecule has 0 amide bonds. The maximum absolute atomic E-state index is 4.82. The molecule has 6 heteroatoms. The lowest BCUT2D eigenvalue weighted by atomic mass is 10.2. The van der Waals surface area contributed by atoms with Gasteiger partial charge in [-0.1, -0.05) is 30.3 Å². The van der Waals surface area contributed by atoms with Crippen LogP contribution in [0, 0.1) is 0 Å². The van der Waals surface area contributed by atoms with Crippen LogP contribution in [0.2, 0.25) is 0 Å². The van der Waals surface area contributed by atoms with Gasteiger partial charge in [-0.25, -0.2) is 9.97 Å². The van der Waals surface area contributed by atoms with E-state index in [2.05, 4.69) is 27.2 Å². The van der Waals surface area contributed by atoms with Crippen molar-refractivity contribution in [3.63, 3.8) is 0 Å². The molecule has 4 rings (SSSR count). The van der Waals surface area contributed by atoms with Gasteiger partial charge in [0.15, 0.2) is 5.82 Å². The number of anilines is 2. The van der Waals surface area contributed by atoms with Crippen molar-refractivity contribution in [3.8, 4) is 11.4 Å². The third-order valence-corrected chi connectivity index (χ3v) is 4.84. The lowest BCUT2D eigenvalue weighted by Gasteiger charge is -2.20. The first-order valence-electron chi connectivity index (χ1n) is 9.95. The molecule has 0 fully saturated rings. The second kappa shape index (κ2) is 9.60. The maximum atomic E-state index is 4.82. The Kier molecular flexibility index (Phi) is 6.25. The van der Waals surface area contributed by atoms with Gasteiger partial charge >= 0.3 is 0 Å². The third-order valence-electron chi connectivity index (χ3n) is 4.84. The van der Waals surface area contributed by atoms with E-state index in [4.69, 9.17) is 9.97 Å². The molecule has 0 bridgehead atoms. The predicted octanol–water partition coefficient (Wildman–Crippen LogP) is 4.22. The van der Waals surface area contributed by atoms with Gasteiger partial charge in [-0.3, -0.25) is 9.97 Å². The van der Waals surface area contributed by atoms with E-state index in [1.165, 1.54) is 5.56 Å². The molecule has 150 valence electrons. The van der Waals surface area contributed by atoms with Crippen molar-refractivity contribution in [1.82, 2.24) is 19.9 Å². The molecule has 4 aromatic rings. The number of hydrogen-bond acceptors (Lipinski definition) is 6. The quantitative estimate of drug-likeness (QED) is 0.481. The zero-order chi connectivity index (χ0) is 20.6. The summed E-state index contributed by atoms with van der Waals surface area (Å²) < 4.78 is 0. The van der Waals surface area contributed by atoms with E-state index in [0.29, 0.717) is 12.4 Å². The van der Waals surface area contributed by atoms with E-state index in [1.807, 2.05) is 73.1 Å². The van der Waals surface area contributed by atoms with Crippen LogP contribution in [0.1, 0.15) is 11.1 Å². The highest BCUT2D eigenvalue weighted by atomic mass is 15.2. The average Bonchev–Trinajstić information content (AvgIpc) is 2.83. The molecule has 0 radical (unpaired) electrons. The Bertz CT molecular complexity index is 1050. The molecule has 1 aromatic carbocycles. The molecule has 30 heavy (non-hydrogen) atoms. The van der Waals surface area contributed by atoms with Crippen molar-refractivity contribution >= 4 is 11.6 Å². The Hall–Kier alpha value is -3.80. The molecule has 6 nitrogen and oxygen atoms in total. The van der Waals surface area contributed by atoms with Gasteiger partial charge in [-0.2, -0.15) is 0 Å². The zero-order valence-electron chi connectivity index (χ0n) is 16.9. The number of aromatic nitrogens is 4. The SMILES string of the molecule is CN(CCc1ccncc1)c1cc(NCc2ccncc2)nc(-c2ccccc2)n1. The molecule has 0 aliphatic heterocycles. The van der Waals surface area contributed by atoms with Crippen molar-refractivity contribution in [3.05, 3.63) is 96.6 Å². The predicted molar refractivity (Wildman–Crippen MR) is 120 cm³/mol. The lowest BCUT2D eigenvalue weighted by molar-refractivity contribution is 0.855. The van der Waals surface area contributed by atoms with Crippen LogP contribution >= 0.6 is 0 Å². The van der Waals surface area contributed by atoms with Crippen LogP contribution in [0.15, 0.2) is 85.5 Å². The minimum Gasteiger partial charge on any atom is -0.366 e. The highest BCUT2D eigenvalue weighted by Crippen LogP contribution is 2.22. The van der Waals surface area contributed by atoms with E-state index in [0.717, 1.165) is 35.7 Å². The summed E-state index contributed by atoms with van der Waals surface area (Å²) >= 11 is 0. The molecular formula is C24H24N6. The minimum atomic E-state index is 0.675. The van der Waals surface area contributed by atoms with Crippen LogP contribution < -0.4 is 10.2 Å². The van der Waals surface area contributed by atoms with Crippen LogP contribution in [-0.2, 0) is 13.0 Å². The third kappa shape index (κ3) is 5.17. The average molecular weight is 396 g/mol. The first-order valence-corrected chi connectivity index (χ1v) is 9.95. The monoisotopic (exact) mass is 396 g/mol. The van der Waals surface area contributed by atoms with Crippen molar-refractivity contribution in [2.45, 2.75) is 13.0 Å². The van der Waals surface area contributed by atoms with Crippen molar-refractivity contribution in [1.29, 1.82) is 0 Å². The van der Waals surface area contributed by atoms with Gasteiger partial charge in [0.05, 0.1) is 0 Å². The molecular weight excluding hydrogens is 372 g/mol. The summed E-state index contributed by atoms with van der Waals surface area (Å²) in [5.41, 5.74) is 3.40. The first-order chi connectivity index (χ1) is 14.8. The van der Waals surface area contributed by atoms with E-state index >= 15 is 0 Å². The highest BCUT2D eigenvalue weighted by molar-refractivity contribution is 5.61. The molecule has 3 aromatic heterocycles. The number of rotatable bonds is 8. The normalized spacial score (nSPS) is 10.6. The Morgan fingerprint density at radius 1 is 0.800 bits per heavy atom. The van der Waals surface area contributed by atoms with Gasteiger partial charge in [-0.15, -0.1) is 0 Å². The number of benzene rings is 1. The van der Waals surface area contributed by atoms with Gasteiger partial charge < -0.3 is 10.2 Å². The van der Waals surface area contributed by atoms with E-state index in [1.54, 1.807) is 12.4 Å². The topological polar surface area (TPSA) is 66.8 Å². The fraction of sp³-hybridized carbons (Fsp3) is 0.167. The number of likely N-dealkylation sites (N-methyl/N-ethyl adjacent to an activating group) is 1. The van der Waals surface area contributed by atoms with E-state index < -0.39 is 0 Å². The molecule has 3 heterocycles. The summed E-state index contributed by atoms with van der Waals surface area (Å²) in [6.07, 6.45) is 8.17. The Labute approximate surface area is 176 Å². The molecule has 0 unspecified atom stereocenters. The molecule has 0 saturated heterocycles. The second-order valence-electron chi connectivity index (χ2n) is 7.04. The van der Waals surface area contributed by atoms with Gasteiger partial charge in [0.2, 0.25) is 0 Å². The Morgan fingerprint density at radius 2 is 1.47 bits per heavy atom. The van der Waals surface area contributed by atoms with Crippen LogP contribution in [0.3, 0.4) is 0 Å². The van der Waals surface area contributed by atoms with E-state index in [9.17, 15) is 0 Å². The molecule has 1 N–H and O–H groups in total. The number of pyridine rings is 2. The van der Waals surface area contributed by atoms with Crippen LogP contribution in [-0.4, -0.2) is 33.5 Å². The molecule has 0 saturated carbocycles. The lowest BCUT2D eigenvalue weighted by Crippen LogP contribution is -2.22. The summed E-state index contributed by atoms with van der Waals surface area (Å²) in [5, 5.41) is 3.43. The van der Waals surface area contributed by atoms with Crippen molar-refractivity contribution < 1.29 is 0 Å². The van der Waals surface area contributed by atoms with Crippen LogP contribution in [0.4, 0.5) is 11.6 Å².